The molecule has 3 heteroatoms. The van der Waals surface area contributed by atoms with Gasteiger partial charge in [0.05, 0.1) is 6.26 Å². The maximum Gasteiger partial charge on any atom is 0.173 e. The minimum atomic E-state index is 0.455. The summed E-state index contributed by atoms with van der Waals surface area (Å²) in [5, 5.41) is 3.72. The molecule has 1 aliphatic rings. The second-order valence-electron chi connectivity index (χ2n) is 5.33. The van der Waals surface area contributed by atoms with E-state index >= 15 is 0 Å². The molecule has 2 nitrogen and oxygen atoms in total. The highest BCUT2D eigenvalue weighted by Crippen LogP contribution is 2.36. The minimum absolute atomic E-state index is 0.455. The van der Waals surface area contributed by atoms with Crippen molar-refractivity contribution in [2.45, 2.75) is 57.9 Å². The number of furan rings is 1. The number of hydrogen-bond donors (Lipinski definition) is 1. The van der Waals surface area contributed by atoms with Gasteiger partial charge in [-0.1, -0.05) is 32.6 Å². The first-order valence-corrected chi connectivity index (χ1v) is 8.08. The molecule has 1 heterocycles. The summed E-state index contributed by atoms with van der Waals surface area (Å²) in [6, 6.07) is 2.57. The van der Waals surface area contributed by atoms with E-state index in [2.05, 4.69) is 34.2 Å². The van der Waals surface area contributed by atoms with Crippen LogP contribution in [0.4, 0.5) is 0 Å². The summed E-state index contributed by atoms with van der Waals surface area (Å²) in [5.41, 5.74) is 1.30. The lowest BCUT2D eigenvalue weighted by Gasteiger charge is -2.27. The Morgan fingerprint density at radius 3 is 2.61 bits per heavy atom. The van der Waals surface area contributed by atoms with E-state index in [1.165, 1.54) is 50.5 Å². The van der Waals surface area contributed by atoms with Crippen LogP contribution in [0.25, 0.3) is 0 Å². The SMILES string of the molecule is CCCNC(c1ccoc1Br)C1CCCCCC1. The highest BCUT2D eigenvalue weighted by atomic mass is 79.9. The zero-order valence-corrected chi connectivity index (χ0v) is 12.8. The van der Waals surface area contributed by atoms with E-state index in [0.29, 0.717) is 6.04 Å². The lowest BCUT2D eigenvalue weighted by atomic mass is 9.88. The van der Waals surface area contributed by atoms with Gasteiger partial charge in [-0.2, -0.15) is 0 Å². The zero-order valence-electron chi connectivity index (χ0n) is 11.3. The van der Waals surface area contributed by atoms with E-state index in [1.54, 1.807) is 6.26 Å². The van der Waals surface area contributed by atoms with Crippen molar-refractivity contribution in [3.05, 3.63) is 22.6 Å². The van der Waals surface area contributed by atoms with Crippen LogP contribution in [-0.4, -0.2) is 6.54 Å². The number of nitrogens with one attached hydrogen (secondary N) is 1. The van der Waals surface area contributed by atoms with Crippen LogP contribution in [0.3, 0.4) is 0 Å². The Balaban J connectivity index is 2.10. The van der Waals surface area contributed by atoms with E-state index in [9.17, 15) is 0 Å². The Morgan fingerprint density at radius 2 is 2.06 bits per heavy atom. The van der Waals surface area contributed by atoms with Crippen molar-refractivity contribution in [2.75, 3.05) is 6.54 Å². The third kappa shape index (κ3) is 3.61. The molecule has 1 N–H and O–H groups in total. The van der Waals surface area contributed by atoms with Crippen molar-refractivity contribution in [3.63, 3.8) is 0 Å². The molecule has 0 radical (unpaired) electrons. The third-order valence-electron chi connectivity index (χ3n) is 3.97. The van der Waals surface area contributed by atoms with Crippen molar-refractivity contribution in [2.24, 2.45) is 5.92 Å². The van der Waals surface area contributed by atoms with Crippen LogP contribution in [-0.2, 0) is 0 Å². The van der Waals surface area contributed by atoms with Crippen LogP contribution in [0.15, 0.2) is 21.4 Å². The second kappa shape index (κ2) is 7.34. The third-order valence-corrected chi connectivity index (χ3v) is 4.61. The summed E-state index contributed by atoms with van der Waals surface area (Å²) in [6.07, 6.45) is 11.2. The highest BCUT2D eigenvalue weighted by Gasteiger charge is 2.26. The first-order valence-electron chi connectivity index (χ1n) is 7.29. The van der Waals surface area contributed by atoms with Crippen LogP contribution in [0.5, 0.6) is 0 Å². The van der Waals surface area contributed by atoms with E-state index < -0.39 is 0 Å². The van der Waals surface area contributed by atoms with Gasteiger partial charge in [0, 0.05) is 11.6 Å². The smallest absolute Gasteiger partial charge is 0.173 e. The molecule has 1 saturated carbocycles. The van der Waals surface area contributed by atoms with Gasteiger partial charge in [-0.05, 0) is 53.7 Å². The van der Waals surface area contributed by atoms with Crippen molar-refractivity contribution < 1.29 is 4.42 Å². The van der Waals surface area contributed by atoms with Gasteiger partial charge in [0.25, 0.3) is 0 Å². The maximum absolute atomic E-state index is 5.42. The largest absolute Gasteiger partial charge is 0.457 e. The summed E-state index contributed by atoms with van der Waals surface area (Å²) in [7, 11) is 0. The Hall–Kier alpha value is -0.280. The van der Waals surface area contributed by atoms with Gasteiger partial charge in [0.2, 0.25) is 0 Å². The molecule has 0 spiro atoms. The van der Waals surface area contributed by atoms with Crippen LogP contribution in [0.2, 0.25) is 0 Å². The molecular formula is C15H24BrNO. The number of hydrogen-bond acceptors (Lipinski definition) is 2. The van der Waals surface area contributed by atoms with E-state index in [4.69, 9.17) is 4.42 Å². The van der Waals surface area contributed by atoms with Crippen molar-refractivity contribution in [1.29, 1.82) is 0 Å². The average Bonchev–Trinajstić information content (AvgIpc) is 2.65. The monoisotopic (exact) mass is 313 g/mol. The fourth-order valence-electron chi connectivity index (χ4n) is 3.00. The molecule has 18 heavy (non-hydrogen) atoms. The number of halogens is 1. The van der Waals surface area contributed by atoms with Gasteiger partial charge in [0.1, 0.15) is 0 Å². The fourth-order valence-corrected chi connectivity index (χ4v) is 3.49. The second-order valence-corrected chi connectivity index (χ2v) is 6.05. The molecule has 0 bridgehead atoms. The quantitative estimate of drug-likeness (QED) is 0.769. The lowest BCUT2D eigenvalue weighted by Crippen LogP contribution is -2.29. The Bertz CT molecular complexity index is 342. The first kappa shape index (κ1) is 14.1. The summed E-state index contributed by atoms with van der Waals surface area (Å²) in [6.45, 7) is 3.31. The van der Waals surface area contributed by atoms with E-state index in [-0.39, 0.29) is 0 Å². The Labute approximate surface area is 119 Å². The molecule has 102 valence electrons. The lowest BCUT2D eigenvalue weighted by molar-refractivity contribution is 0.322. The molecule has 2 rings (SSSR count). The highest BCUT2D eigenvalue weighted by molar-refractivity contribution is 9.10. The molecule has 1 aromatic heterocycles. The molecule has 1 fully saturated rings. The van der Waals surface area contributed by atoms with Gasteiger partial charge in [-0.3, -0.25) is 0 Å². The molecular weight excluding hydrogens is 290 g/mol. The first-order chi connectivity index (χ1) is 8.83. The minimum Gasteiger partial charge on any atom is -0.457 e. The summed E-state index contributed by atoms with van der Waals surface area (Å²) in [4.78, 5) is 0. The molecule has 0 aromatic carbocycles. The summed E-state index contributed by atoms with van der Waals surface area (Å²) in [5.74, 6) is 0.757. The maximum atomic E-state index is 5.42. The van der Waals surface area contributed by atoms with Gasteiger partial charge < -0.3 is 9.73 Å². The summed E-state index contributed by atoms with van der Waals surface area (Å²) >= 11 is 3.54. The predicted molar refractivity (Wildman–Crippen MR) is 78.6 cm³/mol. The Kier molecular flexibility index (Phi) is 5.77. The molecule has 0 amide bonds. The van der Waals surface area contributed by atoms with Crippen LogP contribution >= 0.6 is 15.9 Å². The normalized spacial score (nSPS) is 19.7. The van der Waals surface area contributed by atoms with Gasteiger partial charge in [-0.15, -0.1) is 0 Å². The fraction of sp³-hybridized carbons (Fsp3) is 0.733. The van der Waals surface area contributed by atoms with Crippen LogP contribution in [0.1, 0.15) is 63.5 Å². The molecule has 0 saturated heterocycles. The van der Waals surface area contributed by atoms with Gasteiger partial charge in [0.15, 0.2) is 4.67 Å². The molecule has 1 aliphatic carbocycles. The zero-order chi connectivity index (χ0) is 12.8. The van der Waals surface area contributed by atoms with E-state index in [0.717, 1.165) is 17.1 Å². The van der Waals surface area contributed by atoms with Crippen molar-refractivity contribution >= 4 is 15.9 Å². The molecule has 1 unspecified atom stereocenters. The van der Waals surface area contributed by atoms with Crippen molar-refractivity contribution in [3.8, 4) is 0 Å². The van der Waals surface area contributed by atoms with Gasteiger partial charge >= 0.3 is 0 Å². The van der Waals surface area contributed by atoms with Gasteiger partial charge in [-0.25, -0.2) is 0 Å². The standard InChI is InChI=1S/C15H24BrNO/c1-2-10-17-14(13-9-11-18-15(13)16)12-7-5-3-4-6-8-12/h9,11-12,14,17H,2-8,10H2,1H3. The topological polar surface area (TPSA) is 25.2 Å². The van der Waals surface area contributed by atoms with E-state index in [1.807, 2.05) is 0 Å². The summed E-state index contributed by atoms with van der Waals surface area (Å²) < 4.78 is 6.33. The molecule has 0 aliphatic heterocycles. The molecule has 1 atom stereocenters. The van der Waals surface area contributed by atoms with Crippen LogP contribution in [0, 0.1) is 5.92 Å². The van der Waals surface area contributed by atoms with Crippen molar-refractivity contribution in [1.82, 2.24) is 5.32 Å². The average molecular weight is 314 g/mol. The molecule has 1 aromatic rings. The predicted octanol–water partition coefficient (Wildman–Crippen LogP) is 5.05. The van der Waals surface area contributed by atoms with Crippen LogP contribution < -0.4 is 5.32 Å². The number of rotatable bonds is 5. The Morgan fingerprint density at radius 1 is 1.33 bits per heavy atom.